The predicted octanol–water partition coefficient (Wildman–Crippen LogP) is 3.48. The van der Waals surface area contributed by atoms with Crippen molar-refractivity contribution in [1.29, 1.82) is 0 Å². The van der Waals surface area contributed by atoms with Crippen molar-refractivity contribution in [3.63, 3.8) is 0 Å². The Labute approximate surface area is 185 Å². The van der Waals surface area contributed by atoms with Crippen molar-refractivity contribution in [3.8, 4) is 0 Å². The molecule has 3 aliphatic rings. The molecular weight excluding hydrogens is 432 g/mol. The van der Waals surface area contributed by atoms with Gasteiger partial charge in [0.15, 0.2) is 0 Å². The molecule has 1 aliphatic carbocycles. The number of hydrogen-bond donors (Lipinski definition) is 0. The van der Waals surface area contributed by atoms with Gasteiger partial charge in [0.05, 0.1) is 28.2 Å². The Kier molecular flexibility index (Phi) is 4.17. The minimum Gasteiger partial charge on any atom is -0.310 e. The Bertz CT molecular complexity index is 1330. The largest absolute Gasteiger partial charge is 0.310 e. The second-order valence-electron chi connectivity index (χ2n) is 8.41. The lowest BCUT2D eigenvalue weighted by atomic mass is 10.2. The Morgan fingerprint density at radius 3 is 2.74 bits per heavy atom. The van der Waals surface area contributed by atoms with Crippen molar-refractivity contribution in [1.82, 2.24) is 9.55 Å². The smallest absolute Gasteiger partial charge is 0.266 e. The summed E-state index contributed by atoms with van der Waals surface area (Å²) in [5.41, 5.74) is 2.44. The summed E-state index contributed by atoms with van der Waals surface area (Å²) in [5, 5.41) is 0.274. The van der Waals surface area contributed by atoms with Crippen LogP contribution in [0.4, 0.5) is 11.6 Å². The van der Waals surface area contributed by atoms with Gasteiger partial charge < -0.3 is 9.47 Å². The average molecular weight is 455 g/mol. The zero-order chi connectivity index (χ0) is 21.3. The molecule has 160 valence electrons. The van der Waals surface area contributed by atoms with Gasteiger partial charge in [-0.1, -0.05) is 19.1 Å². The van der Waals surface area contributed by atoms with Gasteiger partial charge in [-0.25, -0.2) is 17.7 Å². The molecule has 0 spiro atoms. The molecule has 1 saturated carbocycles. The van der Waals surface area contributed by atoms with Gasteiger partial charge in [0.25, 0.3) is 10.0 Å². The Balaban J connectivity index is 1.41. The first kappa shape index (κ1) is 19.2. The first-order valence-corrected chi connectivity index (χ1v) is 12.9. The number of thioether (sulfide) groups is 1. The standard InChI is InChI=1S/C22H22N4O3S2/c1-14-13-25(21(27)15-6-7-15)19-12-16(8-9-20(19)30-14)31(28,29)26-11-10-24-18-5-3-2-4-17(18)23-22(24)26/h2-5,8-9,12,14-15H,6-7,10-11,13H2,1H3. The van der Waals surface area contributed by atoms with E-state index in [0.717, 1.165) is 28.8 Å². The molecule has 0 saturated heterocycles. The van der Waals surface area contributed by atoms with Gasteiger partial charge in [-0.3, -0.25) is 4.79 Å². The SMILES string of the molecule is CC1CN(C(=O)C2CC2)c2cc(S(=O)(=O)N3CCn4c3nc3ccccc34)ccc2S1. The van der Waals surface area contributed by atoms with Crippen molar-refractivity contribution in [2.24, 2.45) is 5.92 Å². The van der Waals surface area contributed by atoms with Crippen LogP contribution in [0.3, 0.4) is 0 Å². The van der Waals surface area contributed by atoms with E-state index in [4.69, 9.17) is 0 Å². The molecule has 0 N–H and O–H groups in total. The van der Waals surface area contributed by atoms with E-state index in [2.05, 4.69) is 11.9 Å². The summed E-state index contributed by atoms with van der Waals surface area (Å²) < 4.78 is 30.6. The van der Waals surface area contributed by atoms with E-state index in [1.807, 2.05) is 34.9 Å². The molecule has 1 aromatic heterocycles. The molecule has 1 fully saturated rings. The molecule has 3 aromatic rings. The number of amides is 1. The molecule has 9 heteroatoms. The summed E-state index contributed by atoms with van der Waals surface area (Å²) in [6.07, 6.45) is 1.85. The monoisotopic (exact) mass is 454 g/mol. The van der Waals surface area contributed by atoms with Gasteiger partial charge in [-0.15, -0.1) is 11.8 Å². The van der Waals surface area contributed by atoms with Crippen LogP contribution in [-0.4, -0.2) is 42.2 Å². The maximum atomic E-state index is 13.6. The molecule has 2 aromatic carbocycles. The topological polar surface area (TPSA) is 75.5 Å². The van der Waals surface area contributed by atoms with Crippen molar-refractivity contribution in [2.75, 3.05) is 22.3 Å². The molecule has 7 nitrogen and oxygen atoms in total. The highest BCUT2D eigenvalue weighted by Gasteiger charge is 2.39. The molecule has 31 heavy (non-hydrogen) atoms. The number of benzene rings is 2. The van der Waals surface area contributed by atoms with Gasteiger partial charge in [-0.2, -0.15) is 0 Å². The van der Waals surface area contributed by atoms with Gasteiger partial charge in [-0.05, 0) is 43.2 Å². The zero-order valence-electron chi connectivity index (χ0n) is 17.1. The molecule has 6 rings (SSSR count). The average Bonchev–Trinajstić information content (AvgIpc) is 3.42. The van der Waals surface area contributed by atoms with Crippen molar-refractivity contribution in [2.45, 2.75) is 41.4 Å². The molecule has 1 amide bonds. The van der Waals surface area contributed by atoms with E-state index in [0.29, 0.717) is 31.3 Å². The van der Waals surface area contributed by atoms with Crippen LogP contribution in [0, 0.1) is 5.92 Å². The number of rotatable bonds is 3. The van der Waals surface area contributed by atoms with E-state index < -0.39 is 10.0 Å². The van der Waals surface area contributed by atoms with Crippen LogP contribution >= 0.6 is 11.8 Å². The van der Waals surface area contributed by atoms with Gasteiger partial charge >= 0.3 is 0 Å². The molecule has 0 radical (unpaired) electrons. The quantitative estimate of drug-likeness (QED) is 0.606. The maximum Gasteiger partial charge on any atom is 0.266 e. The summed E-state index contributed by atoms with van der Waals surface area (Å²) in [7, 11) is -3.80. The van der Waals surface area contributed by atoms with Crippen LogP contribution in [0.2, 0.25) is 0 Å². The number of nitrogens with zero attached hydrogens (tertiary/aromatic N) is 4. The summed E-state index contributed by atoms with van der Waals surface area (Å²) in [6, 6.07) is 12.9. The third kappa shape index (κ3) is 2.97. The van der Waals surface area contributed by atoms with Crippen LogP contribution in [0.1, 0.15) is 19.8 Å². The molecule has 3 heterocycles. The molecule has 1 unspecified atom stereocenters. The fraction of sp³-hybridized carbons (Fsp3) is 0.364. The number of aromatic nitrogens is 2. The second kappa shape index (κ2) is 6.74. The summed E-state index contributed by atoms with van der Waals surface area (Å²) >= 11 is 1.69. The van der Waals surface area contributed by atoms with E-state index in [1.165, 1.54) is 4.31 Å². The van der Waals surface area contributed by atoms with E-state index >= 15 is 0 Å². The Morgan fingerprint density at radius 1 is 1.13 bits per heavy atom. The van der Waals surface area contributed by atoms with Crippen LogP contribution in [0.25, 0.3) is 11.0 Å². The number of para-hydroxylation sites is 2. The summed E-state index contributed by atoms with van der Waals surface area (Å²) in [4.78, 5) is 20.4. The minimum absolute atomic E-state index is 0.0851. The fourth-order valence-electron chi connectivity index (χ4n) is 4.46. The Morgan fingerprint density at radius 2 is 1.94 bits per heavy atom. The highest BCUT2D eigenvalue weighted by atomic mass is 32.2. The number of carbonyl (C=O) groups excluding carboxylic acids is 1. The van der Waals surface area contributed by atoms with E-state index in [1.54, 1.807) is 28.8 Å². The Hall–Kier alpha value is -2.52. The fourth-order valence-corrected chi connectivity index (χ4v) is 6.98. The first-order chi connectivity index (χ1) is 14.9. The third-order valence-electron chi connectivity index (χ3n) is 6.15. The van der Waals surface area contributed by atoms with E-state index in [9.17, 15) is 13.2 Å². The van der Waals surface area contributed by atoms with Crippen LogP contribution in [-0.2, 0) is 21.4 Å². The number of sulfonamides is 1. The van der Waals surface area contributed by atoms with Crippen LogP contribution in [0.15, 0.2) is 52.3 Å². The highest BCUT2D eigenvalue weighted by molar-refractivity contribution is 8.00. The highest BCUT2D eigenvalue weighted by Crippen LogP contribution is 2.43. The lowest BCUT2D eigenvalue weighted by Gasteiger charge is -2.33. The van der Waals surface area contributed by atoms with Gasteiger partial charge in [0.1, 0.15) is 0 Å². The van der Waals surface area contributed by atoms with Crippen molar-refractivity contribution < 1.29 is 13.2 Å². The molecular formula is C22H22N4O3S2. The van der Waals surface area contributed by atoms with Crippen LogP contribution in [0.5, 0.6) is 0 Å². The van der Waals surface area contributed by atoms with Gasteiger partial charge in [0, 0.05) is 29.2 Å². The first-order valence-electron chi connectivity index (χ1n) is 10.5. The molecule has 0 bridgehead atoms. The van der Waals surface area contributed by atoms with Crippen molar-refractivity contribution in [3.05, 3.63) is 42.5 Å². The number of carbonyl (C=O) groups is 1. The normalized spacial score (nSPS) is 20.7. The zero-order valence-corrected chi connectivity index (χ0v) is 18.7. The number of imidazole rings is 1. The summed E-state index contributed by atoms with van der Waals surface area (Å²) in [5.74, 6) is 0.653. The number of fused-ring (bicyclic) bond motifs is 4. The van der Waals surface area contributed by atoms with Crippen LogP contribution < -0.4 is 9.21 Å². The third-order valence-corrected chi connectivity index (χ3v) is 9.08. The summed E-state index contributed by atoms with van der Waals surface area (Å²) in [6.45, 7) is 3.62. The van der Waals surface area contributed by atoms with E-state index in [-0.39, 0.29) is 22.0 Å². The molecule has 2 aliphatic heterocycles. The van der Waals surface area contributed by atoms with Crippen molar-refractivity contribution >= 4 is 50.4 Å². The number of anilines is 2. The minimum atomic E-state index is -3.80. The number of hydrogen-bond acceptors (Lipinski definition) is 5. The maximum absolute atomic E-state index is 13.6. The van der Waals surface area contributed by atoms with Gasteiger partial charge in [0.2, 0.25) is 11.9 Å². The lowest BCUT2D eigenvalue weighted by molar-refractivity contribution is -0.119. The predicted molar refractivity (Wildman–Crippen MR) is 121 cm³/mol. The molecule has 1 atom stereocenters. The second-order valence-corrected chi connectivity index (χ2v) is 11.8. The lowest BCUT2D eigenvalue weighted by Crippen LogP contribution is -2.39.